The van der Waals surface area contributed by atoms with Crippen LogP contribution in [0.15, 0.2) is 24.3 Å². The molecule has 1 aliphatic rings. The lowest BCUT2D eigenvalue weighted by Crippen LogP contribution is -2.41. The maximum atomic E-state index is 11.9. The van der Waals surface area contributed by atoms with Crippen molar-refractivity contribution in [1.82, 2.24) is 5.32 Å². The number of rotatable bonds is 4. The van der Waals surface area contributed by atoms with Crippen LogP contribution in [0.1, 0.15) is 25.3 Å². The molecule has 0 spiro atoms. The van der Waals surface area contributed by atoms with Gasteiger partial charge in [0.05, 0.1) is 0 Å². The van der Waals surface area contributed by atoms with Gasteiger partial charge in [0.1, 0.15) is 0 Å². The molecule has 5 nitrogen and oxygen atoms in total. The normalized spacial score (nSPS) is 17.5. The summed E-state index contributed by atoms with van der Waals surface area (Å²) in [6, 6.07) is 7.39. The second-order valence-corrected chi connectivity index (χ2v) is 5.64. The van der Waals surface area contributed by atoms with E-state index in [1.165, 1.54) is 0 Å². The molecule has 0 aliphatic carbocycles. The molecular weight excluding hydrogens is 254 g/mol. The van der Waals surface area contributed by atoms with Crippen molar-refractivity contribution in [1.29, 1.82) is 0 Å². The topological polar surface area (TPSA) is 76.4 Å². The fourth-order valence-electron chi connectivity index (χ4n) is 2.29. The first-order valence-corrected chi connectivity index (χ1v) is 7.03. The number of amides is 2. The number of nitrogens with two attached hydrogens (primary N) is 1. The van der Waals surface area contributed by atoms with Gasteiger partial charge in [-0.25, -0.2) is 4.79 Å². The summed E-state index contributed by atoms with van der Waals surface area (Å²) in [5, 5.41) is 5.78. The molecule has 1 heterocycles. The third-order valence-electron chi connectivity index (χ3n) is 3.80. The Kier molecular flexibility index (Phi) is 4.98. The molecular formula is C15H23N3O2. The predicted octanol–water partition coefficient (Wildman–Crippen LogP) is 2.08. The Hall–Kier alpha value is -1.59. The fraction of sp³-hybridized carbons (Fsp3) is 0.533. The largest absolute Gasteiger partial charge is 0.381 e. The highest BCUT2D eigenvalue weighted by atomic mass is 16.5. The molecule has 1 aromatic carbocycles. The minimum atomic E-state index is -0.174. The molecule has 110 valence electrons. The van der Waals surface area contributed by atoms with Crippen LogP contribution in [-0.4, -0.2) is 25.8 Å². The number of ether oxygens (including phenoxy) is 1. The minimum Gasteiger partial charge on any atom is -0.381 e. The first-order valence-electron chi connectivity index (χ1n) is 7.03. The number of carbonyl (C=O) groups excluding carboxylic acids is 1. The Morgan fingerprint density at radius 1 is 1.40 bits per heavy atom. The predicted molar refractivity (Wildman–Crippen MR) is 79.5 cm³/mol. The Morgan fingerprint density at radius 2 is 2.15 bits per heavy atom. The molecule has 1 saturated heterocycles. The van der Waals surface area contributed by atoms with Crippen molar-refractivity contribution in [2.75, 3.05) is 25.1 Å². The number of anilines is 1. The van der Waals surface area contributed by atoms with E-state index in [4.69, 9.17) is 10.5 Å². The van der Waals surface area contributed by atoms with E-state index in [1.54, 1.807) is 0 Å². The molecule has 1 aliphatic heterocycles. The van der Waals surface area contributed by atoms with Crippen LogP contribution in [0.2, 0.25) is 0 Å². The Balaban J connectivity index is 1.82. The molecule has 0 aromatic heterocycles. The molecule has 1 aromatic rings. The maximum absolute atomic E-state index is 11.9. The van der Waals surface area contributed by atoms with Gasteiger partial charge >= 0.3 is 6.03 Å². The molecule has 5 heteroatoms. The van der Waals surface area contributed by atoms with Crippen LogP contribution in [0.4, 0.5) is 10.5 Å². The molecule has 2 amide bonds. The van der Waals surface area contributed by atoms with Crippen molar-refractivity contribution in [3.05, 3.63) is 29.8 Å². The zero-order valence-corrected chi connectivity index (χ0v) is 11.9. The van der Waals surface area contributed by atoms with Gasteiger partial charge in [0.2, 0.25) is 0 Å². The summed E-state index contributed by atoms with van der Waals surface area (Å²) in [5.74, 6) is 0. The van der Waals surface area contributed by atoms with Gasteiger partial charge in [-0.15, -0.1) is 0 Å². The van der Waals surface area contributed by atoms with Crippen molar-refractivity contribution >= 4 is 11.7 Å². The van der Waals surface area contributed by atoms with E-state index in [0.29, 0.717) is 13.1 Å². The summed E-state index contributed by atoms with van der Waals surface area (Å²) in [4.78, 5) is 11.9. The lowest BCUT2D eigenvalue weighted by Gasteiger charge is -2.33. The Bertz CT molecular complexity index is 456. The summed E-state index contributed by atoms with van der Waals surface area (Å²) in [7, 11) is 0. The quantitative estimate of drug-likeness (QED) is 0.788. The number of benzene rings is 1. The van der Waals surface area contributed by atoms with E-state index in [0.717, 1.165) is 37.3 Å². The van der Waals surface area contributed by atoms with E-state index < -0.39 is 0 Å². The molecule has 0 atom stereocenters. The first-order chi connectivity index (χ1) is 9.61. The smallest absolute Gasteiger partial charge is 0.319 e. The lowest BCUT2D eigenvalue weighted by molar-refractivity contribution is 0.0254. The van der Waals surface area contributed by atoms with Crippen LogP contribution >= 0.6 is 0 Å². The molecule has 0 unspecified atom stereocenters. The van der Waals surface area contributed by atoms with Crippen molar-refractivity contribution in [3.8, 4) is 0 Å². The SMILES string of the molecule is CC1(CNC(=O)Nc2cccc(CN)c2)CCOCC1. The van der Waals surface area contributed by atoms with Gasteiger partial charge in [-0.2, -0.15) is 0 Å². The van der Waals surface area contributed by atoms with Gasteiger partial charge < -0.3 is 21.1 Å². The second kappa shape index (κ2) is 6.72. The zero-order chi connectivity index (χ0) is 14.4. The van der Waals surface area contributed by atoms with Crippen LogP contribution in [0, 0.1) is 5.41 Å². The van der Waals surface area contributed by atoms with Gasteiger partial charge in [0.25, 0.3) is 0 Å². The average Bonchev–Trinajstić information content (AvgIpc) is 2.46. The second-order valence-electron chi connectivity index (χ2n) is 5.64. The average molecular weight is 277 g/mol. The number of nitrogens with one attached hydrogen (secondary N) is 2. The lowest BCUT2D eigenvalue weighted by atomic mass is 9.82. The molecule has 0 saturated carbocycles. The van der Waals surface area contributed by atoms with Crippen molar-refractivity contribution < 1.29 is 9.53 Å². The number of hydrogen-bond donors (Lipinski definition) is 3. The molecule has 0 bridgehead atoms. The summed E-state index contributed by atoms with van der Waals surface area (Å²) in [6.45, 7) is 4.87. The van der Waals surface area contributed by atoms with Crippen LogP contribution in [-0.2, 0) is 11.3 Å². The Morgan fingerprint density at radius 3 is 2.85 bits per heavy atom. The number of hydrogen-bond acceptors (Lipinski definition) is 3. The molecule has 1 fully saturated rings. The number of carbonyl (C=O) groups is 1. The van der Waals surface area contributed by atoms with Gasteiger partial charge in [0.15, 0.2) is 0 Å². The van der Waals surface area contributed by atoms with Crippen LogP contribution in [0.25, 0.3) is 0 Å². The van der Waals surface area contributed by atoms with E-state index in [9.17, 15) is 4.79 Å². The minimum absolute atomic E-state index is 0.134. The van der Waals surface area contributed by atoms with E-state index in [2.05, 4.69) is 17.6 Å². The zero-order valence-electron chi connectivity index (χ0n) is 11.9. The third-order valence-corrected chi connectivity index (χ3v) is 3.80. The maximum Gasteiger partial charge on any atom is 0.319 e. The summed E-state index contributed by atoms with van der Waals surface area (Å²) >= 11 is 0. The van der Waals surface area contributed by atoms with Crippen LogP contribution < -0.4 is 16.4 Å². The van der Waals surface area contributed by atoms with Crippen LogP contribution in [0.5, 0.6) is 0 Å². The highest BCUT2D eigenvalue weighted by molar-refractivity contribution is 5.89. The molecule has 0 radical (unpaired) electrons. The highest BCUT2D eigenvalue weighted by Crippen LogP contribution is 2.28. The van der Waals surface area contributed by atoms with E-state index >= 15 is 0 Å². The summed E-state index contributed by atoms with van der Waals surface area (Å²) in [5.41, 5.74) is 7.48. The number of urea groups is 1. The third kappa shape index (κ3) is 4.21. The standard InChI is InChI=1S/C15H23N3O2/c1-15(5-7-20-8-6-15)11-17-14(19)18-13-4-2-3-12(9-13)10-16/h2-4,9H,5-8,10-11,16H2,1H3,(H2,17,18,19). The summed E-state index contributed by atoms with van der Waals surface area (Å²) in [6.07, 6.45) is 1.96. The van der Waals surface area contributed by atoms with Gasteiger partial charge in [-0.3, -0.25) is 0 Å². The molecule has 4 N–H and O–H groups in total. The van der Waals surface area contributed by atoms with Crippen molar-refractivity contribution in [2.24, 2.45) is 11.1 Å². The monoisotopic (exact) mass is 277 g/mol. The van der Waals surface area contributed by atoms with Gasteiger partial charge in [-0.1, -0.05) is 19.1 Å². The fourth-order valence-corrected chi connectivity index (χ4v) is 2.29. The molecule has 2 rings (SSSR count). The molecule has 20 heavy (non-hydrogen) atoms. The van der Waals surface area contributed by atoms with Gasteiger partial charge in [0, 0.05) is 32.0 Å². The van der Waals surface area contributed by atoms with Gasteiger partial charge in [-0.05, 0) is 36.0 Å². The van der Waals surface area contributed by atoms with E-state index in [1.807, 2.05) is 24.3 Å². The first kappa shape index (κ1) is 14.8. The Labute approximate surface area is 119 Å². The highest BCUT2D eigenvalue weighted by Gasteiger charge is 2.27. The van der Waals surface area contributed by atoms with Crippen LogP contribution in [0.3, 0.4) is 0 Å². The van der Waals surface area contributed by atoms with E-state index in [-0.39, 0.29) is 11.4 Å². The van der Waals surface area contributed by atoms with Crippen molar-refractivity contribution in [3.63, 3.8) is 0 Å². The van der Waals surface area contributed by atoms with Crippen molar-refractivity contribution in [2.45, 2.75) is 26.3 Å². The summed E-state index contributed by atoms with van der Waals surface area (Å²) < 4.78 is 5.35.